The fourth-order valence-corrected chi connectivity index (χ4v) is 2.57. The molecule has 0 aliphatic rings. The molecule has 0 aliphatic carbocycles. The number of aromatic nitrogens is 1. The number of hydrazone groups is 1. The average molecular weight is 351 g/mol. The number of anilines is 1. The molecule has 2 aromatic carbocycles. The topological polar surface area (TPSA) is 93.0 Å². The molecule has 132 valence electrons. The molecule has 0 unspecified atom stereocenters. The number of hydrogen-bond donors (Lipinski definition) is 2. The molecule has 7 heteroatoms. The number of benzene rings is 2. The molecule has 0 fully saturated rings. The first-order valence-corrected chi connectivity index (χ1v) is 7.77. The van der Waals surface area contributed by atoms with E-state index in [1.165, 1.54) is 20.4 Å². The van der Waals surface area contributed by atoms with Crippen LogP contribution >= 0.6 is 0 Å². The Morgan fingerprint density at radius 1 is 1.12 bits per heavy atom. The number of methoxy groups -OCH3 is 2. The fraction of sp³-hybridized carbons (Fsp3) is 0.105. The lowest BCUT2D eigenvalue weighted by Gasteiger charge is -2.12. The van der Waals surface area contributed by atoms with Gasteiger partial charge in [-0.05, 0) is 30.3 Å². The van der Waals surface area contributed by atoms with E-state index in [0.717, 1.165) is 10.9 Å². The van der Waals surface area contributed by atoms with Crippen LogP contribution in [0.25, 0.3) is 10.9 Å². The second kappa shape index (κ2) is 7.52. The van der Waals surface area contributed by atoms with Crippen LogP contribution in [0, 0.1) is 0 Å². The van der Waals surface area contributed by atoms with Crippen molar-refractivity contribution in [2.24, 2.45) is 5.10 Å². The van der Waals surface area contributed by atoms with Crippen LogP contribution in [0.1, 0.15) is 15.9 Å². The summed E-state index contributed by atoms with van der Waals surface area (Å²) in [6.07, 6.45) is 1.41. The first-order valence-electron chi connectivity index (χ1n) is 7.77. The highest BCUT2D eigenvalue weighted by molar-refractivity contribution is 6.02. The van der Waals surface area contributed by atoms with Crippen LogP contribution in [0.3, 0.4) is 0 Å². The summed E-state index contributed by atoms with van der Waals surface area (Å²) in [5, 5.41) is 14.6. The van der Waals surface area contributed by atoms with Gasteiger partial charge in [0.15, 0.2) is 11.5 Å². The van der Waals surface area contributed by atoms with Crippen molar-refractivity contribution < 1.29 is 19.4 Å². The molecular formula is C19H17N3O4. The van der Waals surface area contributed by atoms with E-state index in [0.29, 0.717) is 17.1 Å². The third kappa shape index (κ3) is 3.41. The monoisotopic (exact) mass is 351 g/mol. The highest BCUT2D eigenvalue weighted by Crippen LogP contribution is 2.32. The molecule has 0 saturated carbocycles. The van der Waals surface area contributed by atoms with E-state index in [9.17, 15) is 9.90 Å². The normalized spacial score (nSPS) is 10.8. The smallest absolute Gasteiger partial charge is 0.340 e. The third-order valence-corrected chi connectivity index (χ3v) is 3.77. The standard InChI is InChI=1S/C19H17N3O4/c1-25-15-9-7-13(17(19(23)24)18(15)26-2)11-20-22-16-10-8-12-5-3-4-6-14(12)21-16/h3-11H,1-2H3,(H,21,22)(H,23,24)/b20-11-. The molecule has 1 heterocycles. The zero-order valence-electron chi connectivity index (χ0n) is 14.3. The van der Waals surface area contributed by atoms with Gasteiger partial charge in [-0.2, -0.15) is 5.10 Å². The van der Waals surface area contributed by atoms with Crippen molar-refractivity contribution in [3.63, 3.8) is 0 Å². The average Bonchev–Trinajstić information content (AvgIpc) is 2.67. The van der Waals surface area contributed by atoms with Crippen LogP contribution in [-0.4, -0.2) is 36.5 Å². The van der Waals surface area contributed by atoms with Gasteiger partial charge < -0.3 is 14.6 Å². The molecule has 0 radical (unpaired) electrons. The minimum Gasteiger partial charge on any atom is -0.493 e. The molecule has 3 rings (SSSR count). The van der Waals surface area contributed by atoms with Gasteiger partial charge in [0, 0.05) is 10.9 Å². The van der Waals surface area contributed by atoms with Crippen molar-refractivity contribution in [1.29, 1.82) is 0 Å². The summed E-state index contributed by atoms with van der Waals surface area (Å²) < 4.78 is 10.3. The quantitative estimate of drug-likeness (QED) is 0.522. The van der Waals surface area contributed by atoms with Crippen LogP contribution in [0.4, 0.5) is 5.82 Å². The number of ether oxygens (including phenoxy) is 2. The van der Waals surface area contributed by atoms with Gasteiger partial charge in [-0.15, -0.1) is 0 Å². The Morgan fingerprint density at radius 2 is 1.92 bits per heavy atom. The van der Waals surface area contributed by atoms with Gasteiger partial charge in [0.2, 0.25) is 0 Å². The molecule has 0 aliphatic heterocycles. The lowest BCUT2D eigenvalue weighted by molar-refractivity contribution is 0.0692. The number of nitrogens with one attached hydrogen (secondary N) is 1. The van der Waals surface area contributed by atoms with E-state index in [1.807, 2.05) is 30.3 Å². The van der Waals surface area contributed by atoms with E-state index in [1.54, 1.807) is 18.2 Å². The zero-order valence-corrected chi connectivity index (χ0v) is 14.3. The largest absolute Gasteiger partial charge is 0.493 e. The van der Waals surface area contributed by atoms with Gasteiger partial charge >= 0.3 is 5.97 Å². The summed E-state index contributed by atoms with van der Waals surface area (Å²) in [6.45, 7) is 0. The molecule has 0 spiro atoms. The van der Waals surface area contributed by atoms with Crippen molar-refractivity contribution in [1.82, 2.24) is 4.98 Å². The maximum atomic E-state index is 11.6. The van der Waals surface area contributed by atoms with Crippen molar-refractivity contribution in [2.75, 3.05) is 19.6 Å². The van der Waals surface area contributed by atoms with Gasteiger partial charge in [-0.25, -0.2) is 9.78 Å². The summed E-state index contributed by atoms with van der Waals surface area (Å²) in [4.78, 5) is 16.1. The Balaban J connectivity index is 1.88. The molecule has 0 saturated heterocycles. The number of carboxylic acid groups (broad SMARTS) is 1. The minimum atomic E-state index is -1.13. The SMILES string of the molecule is COc1ccc(/C=N\Nc2ccc3ccccc3n2)c(C(=O)O)c1OC. The zero-order chi connectivity index (χ0) is 18.5. The number of para-hydroxylation sites is 1. The van der Waals surface area contributed by atoms with E-state index in [2.05, 4.69) is 15.5 Å². The third-order valence-electron chi connectivity index (χ3n) is 3.77. The highest BCUT2D eigenvalue weighted by atomic mass is 16.5. The molecular weight excluding hydrogens is 334 g/mol. The lowest BCUT2D eigenvalue weighted by Crippen LogP contribution is -2.07. The van der Waals surface area contributed by atoms with Gasteiger partial charge in [-0.3, -0.25) is 5.43 Å². The lowest BCUT2D eigenvalue weighted by atomic mass is 10.1. The molecule has 2 N–H and O–H groups in total. The number of nitrogens with zero attached hydrogens (tertiary/aromatic N) is 2. The maximum Gasteiger partial charge on any atom is 0.340 e. The Morgan fingerprint density at radius 3 is 2.65 bits per heavy atom. The van der Waals surface area contributed by atoms with Crippen LogP contribution in [-0.2, 0) is 0 Å². The van der Waals surface area contributed by atoms with Gasteiger partial charge in [-0.1, -0.05) is 18.2 Å². The second-order valence-electron chi connectivity index (χ2n) is 5.33. The van der Waals surface area contributed by atoms with Gasteiger partial charge in [0.1, 0.15) is 11.4 Å². The van der Waals surface area contributed by atoms with Crippen molar-refractivity contribution >= 4 is 28.9 Å². The molecule has 26 heavy (non-hydrogen) atoms. The van der Waals surface area contributed by atoms with Crippen LogP contribution in [0.2, 0.25) is 0 Å². The van der Waals surface area contributed by atoms with Crippen molar-refractivity contribution in [2.45, 2.75) is 0 Å². The molecule has 0 bridgehead atoms. The Kier molecular flexibility index (Phi) is 4.98. The first-order chi connectivity index (χ1) is 12.6. The number of hydrogen-bond acceptors (Lipinski definition) is 6. The summed E-state index contributed by atoms with van der Waals surface area (Å²) in [7, 11) is 2.84. The van der Waals surface area contributed by atoms with E-state index in [-0.39, 0.29) is 11.3 Å². The minimum absolute atomic E-state index is 0.0242. The number of aromatic carboxylic acids is 1. The van der Waals surface area contributed by atoms with Gasteiger partial charge in [0.25, 0.3) is 0 Å². The van der Waals surface area contributed by atoms with Crippen LogP contribution in [0.5, 0.6) is 11.5 Å². The number of rotatable bonds is 6. The van der Waals surface area contributed by atoms with Crippen molar-refractivity contribution in [3.8, 4) is 11.5 Å². The highest BCUT2D eigenvalue weighted by Gasteiger charge is 2.19. The number of pyridine rings is 1. The van der Waals surface area contributed by atoms with Crippen LogP contribution < -0.4 is 14.9 Å². The summed E-state index contributed by atoms with van der Waals surface area (Å²) >= 11 is 0. The maximum absolute atomic E-state index is 11.6. The first kappa shape index (κ1) is 17.2. The summed E-state index contributed by atoms with van der Waals surface area (Å²) in [6, 6.07) is 14.7. The van der Waals surface area contributed by atoms with E-state index < -0.39 is 5.97 Å². The number of carbonyl (C=O) groups is 1. The van der Waals surface area contributed by atoms with E-state index in [4.69, 9.17) is 9.47 Å². The molecule has 1 aromatic heterocycles. The predicted octanol–water partition coefficient (Wildman–Crippen LogP) is 3.40. The molecule has 7 nitrogen and oxygen atoms in total. The number of fused-ring (bicyclic) bond motifs is 1. The van der Waals surface area contributed by atoms with Crippen molar-refractivity contribution in [3.05, 3.63) is 59.7 Å². The van der Waals surface area contributed by atoms with Gasteiger partial charge in [0.05, 0.1) is 26.0 Å². The van der Waals surface area contributed by atoms with Crippen LogP contribution in [0.15, 0.2) is 53.6 Å². The Hall–Kier alpha value is -3.61. The fourth-order valence-electron chi connectivity index (χ4n) is 2.57. The number of carboxylic acids is 1. The molecule has 0 atom stereocenters. The summed E-state index contributed by atoms with van der Waals surface area (Å²) in [5.41, 5.74) is 4.00. The second-order valence-corrected chi connectivity index (χ2v) is 5.33. The van der Waals surface area contributed by atoms with E-state index >= 15 is 0 Å². The molecule has 3 aromatic rings. The summed E-state index contributed by atoms with van der Waals surface area (Å²) in [5.74, 6) is -0.0951. The molecule has 0 amide bonds. The Bertz CT molecular complexity index is 986. The Labute approximate surface area is 149 Å². The predicted molar refractivity (Wildman–Crippen MR) is 99.5 cm³/mol.